The van der Waals surface area contributed by atoms with Gasteiger partial charge in [0.25, 0.3) is 0 Å². The zero-order valence-electron chi connectivity index (χ0n) is 8.18. The fourth-order valence-corrected chi connectivity index (χ4v) is 1.92. The molecule has 0 aromatic carbocycles. The Kier molecular flexibility index (Phi) is 2.54. The molecule has 2 fully saturated rings. The largest absolute Gasteiger partial charge is 0.352 e. The Bertz CT molecular complexity index is 201. The summed E-state index contributed by atoms with van der Waals surface area (Å²) in [6, 6.07) is 1.02. The maximum atomic E-state index is 10.9. The average molecular weight is 182 g/mol. The highest BCUT2D eigenvalue weighted by Gasteiger charge is 2.28. The third-order valence-electron chi connectivity index (χ3n) is 3.10. The van der Waals surface area contributed by atoms with Crippen LogP contribution >= 0.6 is 0 Å². The summed E-state index contributed by atoms with van der Waals surface area (Å²) < 4.78 is 0. The summed E-state index contributed by atoms with van der Waals surface area (Å²) in [5, 5.41) is 6.46. The number of nitrogens with one attached hydrogen (secondary N) is 2. The van der Waals surface area contributed by atoms with E-state index in [1.807, 2.05) is 0 Å². The Balaban J connectivity index is 1.64. The van der Waals surface area contributed by atoms with Crippen LogP contribution < -0.4 is 10.6 Å². The second kappa shape index (κ2) is 3.66. The van der Waals surface area contributed by atoms with Crippen LogP contribution in [0.25, 0.3) is 0 Å². The van der Waals surface area contributed by atoms with E-state index < -0.39 is 0 Å². The molecule has 1 heterocycles. The Morgan fingerprint density at radius 2 is 2.31 bits per heavy atom. The van der Waals surface area contributed by atoms with Crippen LogP contribution in [0.1, 0.15) is 32.6 Å². The molecule has 0 spiro atoms. The summed E-state index contributed by atoms with van der Waals surface area (Å²) in [6.07, 6.45) is 4.48. The maximum Gasteiger partial charge on any atom is 0.220 e. The molecule has 1 aliphatic carbocycles. The smallest absolute Gasteiger partial charge is 0.220 e. The summed E-state index contributed by atoms with van der Waals surface area (Å²) >= 11 is 0. The second-order valence-electron chi connectivity index (χ2n) is 4.34. The van der Waals surface area contributed by atoms with Crippen molar-refractivity contribution >= 4 is 5.91 Å². The lowest BCUT2D eigenvalue weighted by Gasteiger charge is -2.16. The van der Waals surface area contributed by atoms with Crippen LogP contribution in [0, 0.1) is 5.92 Å². The molecule has 2 unspecified atom stereocenters. The summed E-state index contributed by atoms with van der Waals surface area (Å²) in [5.41, 5.74) is 0. The summed E-state index contributed by atoms with van der Waals surface area (Å²) in [6.45, 7) is 3.19. The molecule has 0 aromatic rings. The average Bonchev–Trinajstić information content (AvgIpc) is 2.87. The molecular weight excluding hydrogens is 164 g/mol. The van der Waals surface area contributed by atoms with E-state index in [0.29, 0.717) is 18.5 Å². The lowest BCUT2D eigenvalue weighted by Crippen LogP contribution is -2.40. The van der Waals surface area contributed by atoms with Crippen molar-refractivity contribution in [3.63, 3.8) is 0 Å². The minimum Gasteiger partial charge on any atom is -0.352 e. The summed E-state index contributed by atoms with van der Waals surface area (Å²) in [7, 11) is 0. The maximum absolute atomic E-state index is 10.9. The van der Waals surface area contributed by atoms with E-state index in [0.717, 1.165) is 18.9 Å². The first-order valence-corrected chi connectivity index (χ1v) is 5.28. The van der Waals surface area contributed by atoms with E-state index in [1.165, 1.54) is 12.8 Å². The Morgan fingerprint density at radius 1 is 1.54 bits per heavy atom. The van der Waals surface area contributed by atoms with Crippen LogP contribution in [0.2, 0.25) is 0 Å². The Hall–Kier alpha value is -0.570. The van der Waals surface area contributed by atoms with E-state index in [2.05, 4.69) is 17.6 Å². The van der Waals surface area contributed by atoms with Gasteiger partial charge in [-0.25, -0.2) is 0 Å². The molecule has 74 valence electrons. The third-order valence-corrected chi connectivity index (χ3v) is 3.10. The van der Waals surface area contributed by atoms with Gasteiger partial charge in [0.1, 0.15) is 0 Å². The van der Waals surface area contributed by atoms with Crippen LogP contribution in [0.15, 0.2) is 0 Å². The van der Waals surface area contributed by atoms with Crippen molar-refractivity contribution in [2.45, 2.75) is 44.7 Å². The Morgan fingerprint density at radius 3 is 2.85 bits per heavy atom. The number of hydrogen-bond acceptors (Lipinski definition) is 2. The molecule has 1 amide bonds. The van der Waals surface area contributed by atoms with Gasteiger partial charge in [0, 0.05) is 25.0 Å². The molecule has 2 rings (SSSR count). The lowest BCUT2D eigenvalue weighted by molar-refractivity contribution is -0.119. The van der Waals surface area contributed by atoms with Gasteiger partial charge >= 0.3 is 0 Å². The van der Waals surface area contributed by atoms with Crippen molar-refractivity contribution in [1.82, 2.24) is 10.6 Å². The van der Waals surface area contributed by atoms with E-state index in [-0.39, 0.29) is 5.91 Å². The normalized spacial score (nSPS) is 30.2. The van der Waals surface area contributed by atoms with Crippen molar-refractivity contribution in [3.8, 4) is 0 Å². The summed E-state index contributed by atoms with van der Waals surface area (Å²) in [4.78, 5) is 10.9. The molecular formula is C10H18N2O. The van der Waals surface area contributed by atoms with Crippen LogP contribution in [0.4, 0.5) is 0 Å². The molecule has 1 aliphatic heterocycles. The number of rotatable bonds is 4. The van der Waals surface area contributed by atoms with Crippen molar-refractivity contribution in [3.05, 3.63) is 0 Å². The molecule has 3 nitrogen and oxygen atoms in total. The van der Waals surface area contributed by atoms with Gasteiger partial charge in [-0.2, -0.15) is 0 Å². The van der Waals surface area contributed by atoms with Crippen LogP contribution in [0.5, 0.6) is 0 Å². The van der Waals surface area contributed by atoms with Gasteiger partial charge < -0.3 is 10.6 Å². The van der Waals surface area contributed by atoms with Crippen LogP contribution in [-0.2, 0) is 4.79 Å². The predicted molar refractivity (Wildman–Crippen MR) is 51.4 cm³/mol. The quantitative estimate of drug-likeness (QED) is 0.670. The number of carbonyl (C=O) groups is 1. The molecule has 2 atom stereocenters. The molecule has 0 aromatic heterocycles. The van der Waals surface area contributed by atoms with Crippen molar-refractivity contribution in [2.24, 2.45) is 5.92 Å². The SMILES string of the molecule is CC(NCC1CCC(=O)N1)C1CC1. The van der Waals surface area contributed by atoms with Gasteiger partial charge in [0.15, 0.2) is 0 Å². The van der Waals surface area contributed by atoms with E-state index in [4.69, 9.17) is 0 Å². The van der Waals surface area contributed by atoms with Gasteiger partial charge in [-0.1, -0.05) is 0 Å². The molecule has 2 N–H and O–H groups in total. The fourth-order valence-electron chi connectivity index (χ4n) is 1.92. The van der Waals surface area contributed by atoms with Gasteiger partial charge in [-0.15, -0.1) is 0 Å². The monoisotopic (exact) mass is 182 g/mol. The molecule has 1 saturated carbocycles. The highest BCUT2D eigenvalue weighted by molar-refractivity contribution is 5.78. The van der Waals surface area contributed by atoms with E-state index in [9.17, 15) is 4.79 Å². The number of carbonyl (C=O) groups excluding carboxylic acids is 1. The minimum absolute atomic E-state index is 0.214. The van der Waals surface area contributed by atoms with Crippen molar-refractivity contribution in [2.75, 3.05) is 6.54 Å². The number of hydrogen-bond donors (Lipinski definition) is 2. The predicted octanol–water partition coefficient (Wildman–Crippen LogP) is 0.653. The van der Waals surface area contributed by atoms with E-state index in [1.54, 1.807) is 0 Å². The molecule has 2 aliphatic rings. The van der Waals surface area contributed by atoms with E-state index >= 15 is 0 Å². The lowest BCUT2D eigenvalue weighted by atomic mass is 10.2. The minimum atomic E-state index is 0.214. The molecule has 0 radical (unpaired) electrons. The topological polar surface area (TPSA) is 41.1 Å². The van der Waals surface area contributed by atoms with Gasteiger partial charge in [0.05, 0.1) is 0 Å². The molecule has 1 saturated heterocycles. The van der Waals surface area contributed by atoms with Crippen molar-refractivity contribution in [1.29, 1.82) is 0 Å². The highest BCUT2D eigenvalue weighted by atomic mass is 16.1. The van der Waals surface area contributed by atoms with Gasteiger partial charge in [-0.3, -0.25) is 4.79 Å². The highest BCUT2D eigenvalue weighted by Crippen LogP contribution is 2.32. The number of amides is 1. The Labute approximate surface area is 79.3 Å². The molecule has 0 bridgehead atoms. The summed E-state index contributed by atoms with van der Waals surface area (Å²) in [5.74, 6) is 1.11. The van der Waals surface area contributed by atoms with Gasteiger partial charge in [-0.05, 0) is 32.1 Å². The standard InChI is InChI=1S/C10H18N2O/c1-7(8-2-3-8)11-6-9-4-5-10(13)12-9/h7-9,11H,2-6H2,1H3,(H,12,13). The third kappa shape index (κ3) is 2.44. The molecule has 3 heteroatoms. The van der Waals surface area contributed by atoms with Crippen molar-refractivity contribution < 1.29 is 4.79 Å². The van der Waals surface area contributed by atoms with Gasteiger partial charge in [0.2, 0.25) is 5.91 Å². The van der Waals surface area contributed by atoms with Crippen LogP contribution in [0.3, 0.4) is 0 Å². The van der Waals surface area contributed by atoms with Crippen LogP contribution in [-0.4, -0.2) is 24.5 Å². The first-order valence-electron chi connectivity index (χ1n) is 5.28. The first kappa shape index (κ1) is 9.00. The second-order valence-corrected chi connectivity index (χ2v) is 4.34. The first-order chi connectivity index (χ1) is 6.25. The fraction of sp³-hybridized carbons (Fsp3) is 0.900. The molecule has 13 heavy (non-hydrogen) atoms. The zero-order chi connectivity index (χ0) is 9.26. The zero-order valence-corrected chi connectivity index (χ0v) is 8.18.